The van der Waals surface area contributed by atoms with Crippen molar-refractivity contribution in [2.24, 2.45) is 4.99 Å². The van der Waals surface area contributed by atoms with E-state index in [1.54, 1.807) is 0 Å². The van der Waals surface area contributed by atoms with Crippen LogP contribution in [0.4, 0.5) is 0 Å². The van der Waals surface area contributed by atoms with Crippen LogP contribution in [0.5, 0.6) is 0 Å². The number of sulfone groups is 1. The maximum atomic E-state index is 11.9. The predicted octanol–water partition coefficient (Wildman–Crippen LogP) is 0.706. The summed E-state index contributed by atoms with van der Waals surface area (Å²) in [6, 6.07) is 9.80. The Kier molecular flexibility index (Phi) is 9.92. The first kappa shape index (κ1) is 22.7. The maximum absolute atomic E-state index is 11.9. The van der Waals surface area contributed by atoms with Crippen molar-refractivity contribution < 1.29 is 13.2 Å². The van der Waals surface area contributed by atoms with E-state index in [2.05, 4.69) is 20.9 Å². The second kappa shape index (κ2) is 11.4. The van der Waals surface area contributed by atoms with Gasteiger partial charge in [0.25, 0.3) is 0 Å². The standard InChI is InChI=1S/C17H26N4O3S.HI/c1-2-18-17(21-15-9-11-25(23,24)13-15)20-12-16(22)19-10-8-14-6-4-3-5-7-14;/h3-7,15H,2,8-13H2,1H3,(H,19,22)(H2,18,20,21);1H. The summed E-state index contributed by atoms with van der Waals surface area (Å²) in [7, 11) is -2.95. The number of rotatable bonds is 7. The second-order valence-electron chi connectivity index (χ2n) is 6.03. The molecule has 1 amide bonds. The van der Waals surface area contributed by atoms with Gasteiger partial charge in [-0.2, -0.15) is 0 Å². The van der Waals surface area contributed by atoms with Gasteiger partial charge in [0, 0.05) is 19.1 Å². The molecule has 0 saturated carbocycles. The number of aliphatic imine (C=N–C) groups is 1. The van der Waals surface area contributed by atoms with Crippen LogP contribution in [-0.2, 0) is 21.1 Å². The number of benzene rings is 1. The van der Waals surface area contributed by atoms with E-state index >= 15 is 0 Å². The molecule has 0 radical (unpaired) electrons. The molecule has 0 spiro atoms. The molecular formula is C17H27IN4O3S. The normalized spacial score (nSPS) is 18.7. The summed E-state index contributed by atoms with van der Waals surface area (Å²) >= 11 is 0. The van der Waals surface area contributed by atoms with Crippen LogP contribution in [0.3, 0.4) is 0 Å². The van der Waals surface area contributed by atoms with Gasteiger partial charge in [0.15, 0.2) is 15.8 Å². The molecule has 1 atom stereocenters. The van der Waals surface area contributed by atoms with E-state index in [1.165, 1.54) is 5.56 Å². The molecule has 1 unspecified atom stereocenters. The van der Waals surface area contributed by atoms with Gasteiger partial charge in [0.05, 0.1) is 11.5 Å². The summed E-state index contributed by atoms with van der Waals surface area (Å²) < 4.78 is 23.0. The van der Waals surface area contributed by atoms with Crippen molar-refractivity contribution in [2.45, 2.75) is 25.8 Å². The molecule has 9 heteroatoms. The monoisotopic (exact) mass is 494 g/mol. The molecule has 1 heterocycles. The fourth-order valence-corrected chi connectivity index (χ4v) is 4.29. The predicted molar refractivity (Wildman–Crippen MR) is 115 cm³/mol. The Bertz CT molecular complexity index is 695. The average molecular weight is 494 g/mol. The molecule has 1 aliphatic rings. The number of amides is 1. The minimum absolute atomic E-state index is 0. The van der Waals surface area contributed by atoms with Crippen LogP contribution in [0.15, 0.2) is 35.3 Å². The SMILES string of the molecule is CCNC(=NCC(=O)NCCc1ccccc1)NC1CCS(=O)(=O)C1.I. The number of carbonyl (C=O) groups is 1. The van der Waals surface area contributed by atoms with E-state index in [0.717, 1.165) is 6.42 Å². The molecule has 1 saturated heterocycles. The van der Waals surface area contributed by atoms with E-state index in [0.29, 0.717) is 25.5 Å². The average Bonchev–Trinajstić information content (AvgIpc) is 2.92. The van der Waals surface area contributed by atoms with Crippen LogP contribution in [0, 0.1) is 0 Å². The Labute approximate surface area is 172 Å². The number of nitrogens with one attached hydrogen (secondary N) is 3. The Balaban J connectivity index is 0.00000338. The van der Waals surface area contributed by atoms with Crippen molar-refractivity contribution in [3.05, 3.63) is 35.9 Å². The Morgan fingerprint density at radius 1 is 1.23 bits per heavy atom. The zero-order chi connectivity index (χ0) is 18.1. The number of nitrogens with zero attached hydrogens (tertiary/aromatic N) is 1. The first-order valence-electron chi connectivity index (χ1n) is 8.54. The van der Waals surface area contributed by atoms with Gasteiger partial charge in [-0.05, 0) is 25.3 Å². The summed E-state index contributed by atoms with van der Waals surface area (Å²) in [5.41, 5.74) is 1.17. The number of guanidine groups is 1. The number of hydrogen-bond acceptors (Lipinski definition) is 4. The van der Waals surface area contributed by atoms with Gasteiger partial charge in [-0.25, -0.2) is 13.4 Å². The summed E-state index contributed by atoms with van der Waals surface area (Å²) in [5, 5.41) is 8.97. The highest BCUT2D eigenvalue weighted by Gasteiger charge is 2.28. The Morgan fingerprint density at radius 2 is 1.96 bits per heavy atom. The minimum Gasteiger partial charge on any atom is -0.357 e. The van der Waals surface area contributed by atoms with Crippen LogP contribution in [-0.4, -0.2) is 57.5 Å². The van der Waals surface area contributed by atoms with Crippen LogP contribution in [0.2, 0.25) is 0 Å². The number of hydrogen-bond donors (Lipinski definition) is 3. The zero-order valence-corrected chi connectivity index (χ0v) is 18.0. The van der Waals surface area contributed by atoms with Crippen molar-refractivity contribution in [3.8, 4) is 0 Å². The van der Waals surface area contributed by atoms with Gasteiger partial charge in [-0.3, -0.25) is 4.79 Å². The van der Waals surface area contributed by atoms with Gasteiger partial charge in [0.1, 0.15) is 6.54 Å². The van der Waals surface area contributed by atoms with Gasteiger partial charge < -0.3 is 16.0 Å². The lowest BCUT2D eigenvalue weighted by atomic mass is 10.1. The molecule has 2 rings (SSSR count). The molecule has 1 aromatic rings. The first-order chi connectivity index (χ1) is 12.0. The van der Waals surface area contributed by atoms with E-state index in [1.807, 2.05) is 37.3 Å². The fraction of sp³-hybridized carbons (Fsp3) is 0.529. The quantitative estimate of drug-likeness (QED) is 0.295. The third-order valence-corrected chi connectivity index (χ3v) is 5.64. The molecular weight excluding hydrogens is 467 g/mol. The lowest BCUT2D eigenvalue weighted by Crippen LogP contribution is -2.44. The highest BCUT2D eigenvalue weighted by atomic mass is 127. The zero-order valence-electron chi connectivity index (χ0n) is 14.9. The van der Waals surface area contributed by atoms with Gasteiger partial charge >= 0.3 is 0 Å². The number of carbonyl (C=O) groups excluding carboxylic acids is 1. The van der Waals surface area contributed by atoms with Crippen LogP contribution < -0.4 is 16.0 Å². The van der Waals surface area contributed by atoms with Crippen molar-refractivity contribution >= 4 is 45.7 Å². The van der Waals surface area contributed by atoms with Crippen molar-refractivity contribution in [1.29, 1.82) is 0 Å². The van der Waals surface area contributed by atoms with E-state index in [-0.39, 0.29) is 54.0 Å². The molecule has 1 aromatic carbocycles. The summed E-state index contributed by atoms with van der Waals surface area (Å²) in [6.45, 7) is 3.12. The maximum Gasteiger partial charge on any atom is 0.241 e. The van der Waals surface area contributed by atoms with Crippen molar-refractivity contribution in [3.63, 3.8) is 0 Å². The Hall–Kier alpha value is -1.36. The van der Waals surface area contributed by atoms with E-state index in [4.69, 9.17) is 0 Å². The Morgan fingerprint density at radius 3 is 2.58 bits per heavy atom. The van der Waals surface area contributed by atoms with Crippen molar-refractivity contribution in [2.75, 3.05) is 31.1 Å². The molecule has 0 bridgehead atoms. The minimum atomic E-state index is -2.95. The molecule has 7 nitrogen and oxygen atoms in total. The molecule has 1 fully saturated rings. The lowest BCUT2D eigenvalue weighted by molar-refractivity contribution is -0.119. The molecule has 1 aliphatic heterocycles. The van der Waals surface area contributed by atoms with Crippen LogP contribution in [0.25, 0.3) is 0 Å². The molecule has 0 aromatic heterocycles. The van der Waals surface area contributed by atoms with Gasteiger partial charge in [0.2, 0.25) is 5.91 Å². The highest BCUT2D eigenvalue weighted by molar-refractivity contribution is 14.0. The summed E-state index contributed by atoms with van der Waals surface area (Å²) in [4.78, 5) is 16.2. The summed E-state index contributed by atoms with van der Waals surface area (Å²) in [6.07, 6.45) is 1.34. The topological polar surface area (TPSA) is 99.7 Å². The third kappa shape index (κ3) is 8.35. The second-order valence-corrected chi connectivity index (χ2v) is 8.25. The fourth-order valence-electron chi connectivity index (χ4n) is 2.62. The van der Waals surface area contributed by atoms with Gasteiger partial charge in [-0.1, -0.05) is 30.3 Å². The van der Waals surface area contributed by atoms with E-state index < -0.39 is 9.84 Å². The number of halogens is 1. The molecule has 3 N–H and O–H groups in total. The van der Waals surface area contributed by atoms with Crippen LogP contribution in [0.1, 0.15) is 18.9 Å². The summed E-state index contributed by atoms with van der Waals surface area (Å²) in [5.74, 6) is 0.625. The largest absolute Gasteiger partial charge is 0.357 e. The van der Waals surface area contributed by atoms with Gasteiger partial charge in [-0.15, -0.1) is 24.0 Å². The highest BCUT2D eigenvalue weighted by Crippen LogP contribution is 2.10. The van der Waals surface area contributed by atoms with Crippen LogP contribution >= 0.6 is 24.0 Å². The lowest BCUT2D eigenvalue weighted by Gasteiger charge is -2.15. The van der Waals surface area contributed by atoms with E-state index in [9.17, 15) is 13.2 Å². The molecule has 0 aliphatic carbocycles. The third-order valence-electron chi connectivity index (χ3n) is 3.88. The van der Waals surface area contributed by atoms with Crippen molar-refractivity contribution in [1.82, 2.24) is 16.0 Å². The molecule has 26 heavy (non-hydrogen) atoms. The molecule has 146 valence electrons. The smallest absolute Gasteiger partial charge is 0.241 e. The first-order valence-corrected chi connectivity index (χ1v) is 10.4.